The van der Waals surface area contributed by atoms with Crippen LogP contribution in [0.25, 0.3) is 0 Å². The molecule has 0 aromatic heterocycles. The second-order valence-electron chi connectivity index (χ2n) is 5.41. The number of nitrogens with two attached hydrogens (primary N) is 1. The first-order valence-electron chi connectivity index (χ1n) is 6.94. The van der Waals surface area contributed by atoms with E-state index in [-0.39, 0.29) is 18.7 Å². The lowest BCUT2D eigenvalue weighted by Gasteiger charge is -2.17. The maximum Gasteiger partial charge on any atom is 0.240 e. The number of halogens is 1. The van der Waals surface area contributed by atoms with Crippen LogP contribution in [0.5, 0.6) is 5.75 Å². The second-order valence-corrected chi connectivity index (χ2v) is 6.94. The Labute approximate surface area is 135 Å². The van der Waals surface area contributed by atoms with Gasteiger partial charge in [0.15, 0.2) is 5.82 Å². The second kappa shape index (κ2) is 7.08. The van der Waals surface area contributed by atoms with E-state index in [1.807, 2.05) is 30.3 Å². The first-order chi connectivity index (χ1) is 10.8. The molecule has 0 bridgehead atoms. The Kier molecular flexibility index (Phi) is 5.35. The molecule has 0 aliphatic heterocycles. The van der Waals surface area contributed by atoms with Crippen LogP contribution in [0.4, 0.5) is 4.39 Å². The molecule has 0 aliphatic carbocycles. The number of hydrogen-bond donors (Lipinski definition) is 1. The minimum atomic E-state index is -4.12. The standard InChI is InChI=1S/C16H19FN2O3S/c1-19(2)10-13-14(22-11-12-6-4-3-5-7-12)8-9-15(16(13)17)23(18,20)21/h3-9H,10-11H2,1-2H3,(H2,18,20,21). The summed E-state index contributed by atoms with van der Waals surface area (Å²) < 4.78 is 43.2. The number of sulfonamides is 1. The summed E-state index contributed by atoms with van der Waals surface area (Å²) in [6.45, 7) is 0.453. The Bertz CT molecular complexity index is 777. The van der Waals surface area contributed by atoms with E-state index in [4.69, 9.17) is 9.88 Å². The van der Waals surface area contributed by atoms with E-state index in [1.54, 1.807) is 19.0 Å². The fourth-order valence-electron chi connectivity index (χ4n) is 2.14. The SMILES string of the molecule is CN(C)Cc1c(OCc2ccccc2)ccc(S(N)(=O)=O)c1F. The van der Waals surface area contributed by atoms with Crippen molar-refractivity contribution in [3.63, 3.8) is 0 Å². The van der Waals surface area contributed by atoms with Gasteiger partial charge in [0, 0.05) is 12.1 Å². The molecule has 2 aromatic carbocycles. The summed E-state index contributed by atoms with van der Waals surface area (Å²) in [5.74, 6) is -0.570. The van der Waals surface area contributed by atoms with Crippen molar-refractivity contribution in [1.29, 1.82) is 0 Å². The predicted molar refractivity (Wildman–Crippen MR) is 85.9 cm³/mol. The van der Waals surface area contributed by atoms with Crippen LogP contribution in [0, 0.1) is 5.82 Å². The van der Waals surface area contributed by atoms with Gasteiger partial charge in [-0.15, -0.1) is 0 Å². The Balaban J connectivity index is 2.36. The van der Waals surface area contributed by atoms with E-state index in [0.29, 0.717) is 5.75 Å². The van der Waals surface area contributed by atoms with Gasteiger partial charge in [-0.25, -0.2) is 17.9 Å². The Morgan fingerprint density at radius 3 is 2.35 bits per heavy atom. The molecule has 0 fully saturated rings. The quantitative estimate of drug-likeness (QED) is 0.876. The van der Waals surface area contributed by atoms with Crippen molar-refractivity contribution in [3.8, 4) is 5.75 Å². The normalized spacial score (nSPS) is 11.7. The molecule has 2 N–H and O–H groups in total. The molecule has 124 valence electrons. The number of rotatable bonds is 6. The molecule has 0 spiro atoms. The molecule has 0 aliphatic rings. The zero-order valence-electron chi connectivity index (χ0n) is 13.0. The first-order valence-corrected chi connectivity index (χ1v) is 8.49. The minimum Gasteiger partial charge on any atom is -0.488 e. The van der Waals surface area contributed by atoms with Crippen molar-refractivity contribution in [1.82, 2.24) is 4.90 Å². The summed E-state index contributed by atoms with van der Waals surface area (Å²) in [4.78, 5) is 1.20. The van der Waals surface area contributed by atoms with E-state index in [1.165, 1.54) is 6.07 Å². The minimum absolute atomic E-state index is 0.164. The van der Waals surface area contributed by atoms with Crippen molar-refractivity contribution in [3.05, 3.63) is 59.4 Å². The van der Waals surface area contributed by atoms with Gasteiger partial charge in [0.25, 0.3) is 0 Å². The van der Waals surface area contributed by atoms with E-state index < -0.39 is 20.7 Å². The molecule has 0 saturated carbocycles. The van der Waals surface area contributed by atoms with E-state index >= 15 is 0 Å². The summed E-state index contributed by atoms with van der Waals surface area (Å²) in [5, 5.41) is 5.05. The third kappa shape index (κ3) is 4.51. The largest absolute Gasteiger partial charge is 0.488 e. The fraction of sp³-hybridized carbons (Fsp3) is 0.250. The van der Waals surface area contributed by atoms with Gasteiger partial charge in [0.1, 0.15) is 17.3 Å². The molecule has 0 heterocycles. The highest BCUT2D eigenvalue weighted by molar-refractivity contribution is 7.89. The molecule has 0 amide bonds. The average Bonchev–Trinajstić information content (AvgIpc) is 2.47. The zero-order valence-corrected chi connectivity index (χ0v) is 13.8. The highest BCUT2D eigenvalue weighted by Gasteiger charge is 2.21. The van der Waals surface area contributed by atoms with Crippen molar-refractivity contribution in [2.24, 2.45) is 5.14 Å². The van der Waals surface area contributed by atoms with Gasteiger partial charge < -0.3 is 9.64 Å². The summed E-state index contributed by atoms with van der Waals surface area (Å²) in [5.41, 5.74) is 1.09. The molecular weight excluding hydrogens is 319 g/mol. The summed E-state index contributed by atoms with van der Waals surface area (Å²) in [6, 6.07) is 12.0. The highest BCUT2D eigenvalue weighted by Crippen LogP contribution is 2.28. The van der Waals surface area contributed by atoms with E-state index in [0.717, 1.165) is 11.6 Å². The molecular formula is C16H19FN2O3S. The lowest BCUT2D eigenvalue weighted by Crippen LogP contribution is -2.18. The summed E-state index contributed by atoms with van der Waals surface area (Å²) >= 11 is 0. The Morgan fingerprint density at radius 2 is 1.78 bits per heavy atom. The molecule has 2 aromatic rings. The van der Waals surface area contributed by atoms with Crippen LogP contribution >= 0.6 is 0 Å². The maximum atomic E-state index is 14.5. The molecule has 0 atom stereocenters. The third-order valence-electron chi connectivity index (χ3n) is 3.18. The molecule has 5 nitrogen and oxygen atoms in total. The fourth-order valence-corrected chi connectivity index (χ4v) is 2.77. The van der Waals surface area contributed by atoms with Gasteiger partial charge in [-0.1, -0.05) is 30.3 Å². The maximum absolute atomic E-state index is 14.5. The molecule has 0 saturated heterocycles. The van der Waals surface area contributed by atoms with Gasteiger partial charge in [-0.3, -0.25) is 0 Å². The molecule has 2 rings (SSSR count). The molecule has 7 heteroatoms. The van der Waals surface area contributed by atoms with Gasteiger partial charge >= 0.3 is 0 Å². The van der Waals surface area contributed by atoms with Crippen molar-refractivity contribution < 1.29 is 17.5 Å². The first kappa shape index (κ1) is 17.4. The Hall–Kier alpha value is -1.96. The number of primary sulfonamides is 1. The highest BCUT2D eigenvalue weighted by atomic mass is 32.2. The predicted octanol–water partition coefficient (Wildman–Crippen LogP) is 2.11. The van der Waals surface area contributed by atoms with E-state index in [9.17, 15) is 12.8 Å². The van der Waals surface area contributed by atoms with Crippen molar-refractivity contribution in [2.75, 3.05) is 14.1 Å². The number of benzene rings is 2. The lowest BCUT2D eigenvalue weighted by molar-refractivity contribution is 0.290. The summed E-state index contributed by atoms with van der Waals surface area (Å²) in [6.07, 6.45) is 0. The summed E-state index contributed by atoms with van der Waals surface area (Å²) in [7, 11) is -0.617. The number of hydrogen-bond acceptors (Lipinski definition) is 4. The van der Waals surface area contributed by atoms with Gasteiger partial charge in [-0.2, -0.15) is 0 Å². The lowest BCUT2D eigenvalue weighted by atomic mass is 10.1. The average molecular weight is 338 g/mol. The number of nitrogens with zero attached hydrogens (tertiary/aromatic N) is 1. The van der Waals surface area contributed by atoms with Gasteiger partial charge in [0.2, 0.25) is 10.0 Å². The molecule has 0 unspecified atom stereocenters. The molecule has 0 radical (unpaired) electrons. The van der Waals surface area contributed by atoms with Gasteiger partial charge in [-0.05, 0) is 31.8 Å². The van der Waals surface area contributed by atoms with Crippen molar-refractivity contribution in [2.45, 2.75) is 18.0 Å². The van der Waals surface area contributed by atoms with E-state index in [2.05, 4.69) is 0 Å². The van der Waals surface area contributed by atoms with Crippen LogP contribution < -0.4 is 9.88 Å². The van der Waals surface area contributed by atoms with Crippen molar-refractivity contribution >= 4 is 10.0 Å². The van der Waals surface area contributed by atoms with Crippen LogP contribution in [0.2, 0.25) is 0 Å². The topological polar surface area (TPSA) is 72.6 Å². The van der Waals surface area contributed by atoms with Crippen LogP contribution in [-0.2, 0) is 23.2 Å². The van der Waals surface area contributed by atoms with Crippen LogP contribution in [0.1, 0.15) is 11.1 Å². The smallest absolute Gasteiger partial charge is 0.240 e. The number of ether oxygens (including phenoxy) is 1. The Morgan fingerprint density at radius 1 is 1.13 bits per heavy atom. The third-order valence-corrected chi connectivity index (χ3v) is 4.11. The monoisotopic (exact) mass is 338 g/mol. The van der Waals surface area contributed by atoms with Gasteiger partial charge in [0.05, 0.1) is 0 Å². The molecule has 23 heavy (non-hydrogen) atoms. The zero-order chi connectivity index (χ0) is 17.0. The van der Waals surface area contributed by atoms with Crippen LogP contribution in [-0.4, -0.2) is 27.4 Å². The van der Waals surface area contributed by atoms with Crippen LogP contribution in [0.15, 0.2) is 47.4 Å². The van der Waals surface area contributed by atoms with Crippen LogP contribution in [0.3, 0.4) is 0 Å².